The summed E-state index contributed by atoms with van der Waals surface area (Å²) in [5.41, 5.74) is 0. The van der Waals surface area contributed by atoms with E-state index in [4.69, 9.17) is 0 Å². The first-order chi connectivity index (χ1) is 6.11. The monoisotopic (exact) mass is 182 g/mol. The topological polar surface area (TPSA) is 17.1 Å². The van der Waals surface area contributed by atoms with Gasteiger partial charge in [0.05, 0.1) is 0 Å². The van der Waals surface area contributed by atoms with Gasteiger partial charge in [0.2, 0.25) is 0 Å². The van der Waals surface area contributed by atoms with E-state index < -0.39 is 0 Å². The van der Waals surface area contributed by atoms with Gasteiger partial charge in [0, 0.05) is 12.8 Å². The van der Waals surface area contributed by atoms with Crippen LogP contribution in [-0.2, 0) is 4.79 Å². The highest BCUT2D eigenvalue weighted by Crippen LogP contribution is 2.31. The fourth-order valence-corrected chi connectivity index (χ4v) is 2.22. The van der Waals surface area contributed by atoms with Gasteiger partial charge in [0.1, 0.15) is 5.78 Å². The van der Waals surface area contributed by atoms with E-state index in [9.17, 15) is 4.79 Å². The van der Waals surface area contributed by atoms with Crippen LogP contribution in [0.15, 0.2) is 0 Å². The summed E-state index contributed by atoms with van der Waals surface area (Å²) in [7, 11) is 0. The third-order valence-electron chi connectivity index (χ3n) is 3.57. The van der Waals surface area contributed by atoms with Crippen molar-refractivity contribution in [3.63, 3.8) is 0 Å². The summed E-state index contributed by atoms with van der Waals surface area (Å²) >= 11 is 0. The van der Waals surface area contributed by atoms with Crippen molar-refractivity contribution in [3.05, 3.63) is 0 Å². The zero-order valence-electron chi connectivity index (χ0n) is 9.18. The summed E-state index contributed by atoms with van der Waals surface area (Å²) in [4.78, 5) is 11.4. The predicted octanol–water partition coefficient (Wildman–Crippen LogP) is 3.43. The summed E-state index contributed by atoms with van der Waals surface area (Å²) < 4.78 is 0. The molecule has 0 radical (unpaired) electrons. The fraction of sp³-hybridized carbons (Fsp3) is 0.917. The van der Waals surface area contributed by atoms with Crippen LogP contribution in [0.2, 0.25) is 0 Å². The van der Waals surface area contributed by atoms with Crippen LogP contribution < -0.4 is 0 Å². The number of carbonyl (C=O) groups excluding carboxylic acids is 1. The molecule has 1 fully saturated rings. The standard InChI is InChI=1S/C12H22O/c1-9(2)10(3)11-6-4-5-7-12(13)8-11/h9-11H,4-8H2,1-3H3. The Hall–Kier alpha value is -0.330. The first kappa shape index (κ1) is 10.7. The van der Waals surface area contributed by atoms with Crippen molar-refractivity contribution >= 4 is 5.78 Å². The Morgan fingerprint density at radius 3 is 2.54 bits per heavy atom. The van der Waals surface area contributed by atoms with Gasteiger partial charge in [0.25, 0.3) is 0 Å². The SMILES string of the molecule is CC(C)C(C)C1CCCCC(=O)C1. The molecule has 0 heterocycles. The molecule has 2 atom stereocenters. The number of hydrogen-bond donors (Lipinski definition) is 0. The quantitative estimate of drug-likeness (QED) is 0.598. The third kappa shape index (κ3) is 3.13. The average Bonchev–Trinajstić information content (AvgIpc) is 2.28. The van der Waals surface area contributed by atoms with Crippen LogP contribution in [0, 0.1) is 17.8 Å². The molecule has 13 heavy (non-hydrogen) atoms. The van der Waals surface area contributed by atoms with Crippen LogP contribution in [0.3, 0.4) is 0 Å². The molecule has 0 aromatic heterocycles. The van der Waals surface area contributed by atoms with Crippen LogP contribution in [-0.4, -0.2) is 5.78 Å². The molecule has 0 bridgehead atoms. The van der Waals surface area contributed by atoms with Crippen molar-refractivity contribution < 1.29 is 4.79 Å². The van der Waals surface area contributed by atoms with Gasteiger partial charge >= 0.3 is 0 Å². The Morgan fingerprint density at radius 1 is 1.23 bits per heavy atom. The van der Waals surface area contributed by atoms with Crippen LogP contribution in [0.25, 0.3) is 0 Å². The lowest BCUT2D eigenvalue weighted by Crippen LogP contribution is -2.18. The van der Waals surface area contributed by atoms with Crippen LogP contribution in [0.5, 0.6) is 0 Å². The largest absolute Gasteiger partial charge is 0.300 e. The van der Waals surface area contributed by atoms with Gasteiger partial charge in [-0.1, -0.05) is 27.2 Å². The Kier molecular flexibility index (Phi) is 3.95. The molecule has 0 aromatic carbocycles. The maximum absolute atomic E-state index is 11.4. The van der Waals surface area contributed by atoms with Gasteiger partial charge in [0.15, 0.2) is 0 Å². The Labute approximate surface area is 81.9 Å². The molecule has 1 nitrogen and oxygen atoms in total. The predicted molar refractivity (Wildman–Crippen MR) is 55.6 cm³/mol. The van der Waals surface area contributed by atoms with Gasteiger partial charge in [-0.05, 0) is 30.6 Å². The molecule has 1 rings (SSSR count). The minimum atomic E-state index is 0.495. The lowest BCUT2D eigenvalue weighted by molar-refractivity contribution is -0.120. The van der Waals surface area contributed by atoms with Crippen LogP contribution >= 0.6 is 0 Å². The summed E-state index contributed by atoms with van der Waals surface area (Å²) in [5, 5.41) is 0. The molecule has 0 spiro atoms. The molecular formula is C12H22O. The van der Waals surface area contributed by atoms with E-state index in [1.54, 1.807) is 0 Å². The molecule has 1 heteroatoms. The van der Waals surface area contributed by atoms with E-state index in [0.29, 0.717) is 17.6 Å². The second kappa shape index (κ2) is 4.78. The average molecular weight is 182 g/mol. The van der Waals surface area contributed by atoms with Gasteiger partial charge in [-0.2, -0.15) is 0 Å². The minimum Gasteiger partial charge on any atom is -0.300 e. The van der Waals surface area contributed by atoms with Gasteiger partial charge in [-0.15, -0.1) is 0 Å². The molecule has 0 aromatic rings. The van der Waals surface area contributed by atoms with Crippen molar-refractivity contribution in [3.8, 4) is 0 Å². The summed E-state index contributed by atoms with van der Waals surface area (Å²) in [6, 6.07) is 0. The molecule has 1 aliphatic rings. The third-order valence-corrected chi connectivity index (χ3v) is 3.57. The molecular weight excluding hydrogens is 160 g/mol. The lowest BCUT2D eigenvalue weighted by atomic mass is 9.80. The molecule has 2 unspecified atom stereocenters. The van der Waals surface area contributed by atoms with E-state index in [1.165, 1.54) is 12.8 Å². The molecule has 0 saturated heterocycles. The Bertz CT molecular complexity index is 172. The Morgan fingerprint density at radius 2 is 1.92 bits per heavy atom. The van der Waals surface area contributed by atoms with Crippen LogP contribution in [0.4, 0.5) is 0 Å². The van der Waals surface area contributed by atoms with Gasteiger partial charge < -0.3 is 0 Å². The molecule has 0 N–H and O–H groups in total. The summed E-state index contributed by atoms with van der Waals surface area (Å²) in [6.45, 7) is 6.83. The molecule has 76 valence electrons. The van der Waals surface area contributed by atoms with E-state index in [1.807, 2.05) is 0 Å². The van der Waals surface area contributed by atoms with E-state index >= 15 is 0 Å². The lowest BCUT2D eigenvalue weighted by Gasteiger charge is -2.25. The molecule has 0 aliphatic heterocycles. The van der Waals surface area contributed by atoms with Crippen molar-refractivity contribution in [2.45, 2.75) is 52.9 Å². The smallest absolute Gasteiger partial charge is 0.133 e. The highest BCUT2D eigenvalue weighted by atomic mass is 16.1. The van der Waals surface area contributed by atoms with E-state index in [-0.39, 0.29) is 0 Å². The number of ketones is 1. The van der Waals surface area contributed by atoms with E-state index in [2.05, 4.69) is 20.8 Å². The molecule has 1 aliphatic carbocycles. The Balaban J connectivity index is 2.51. The summed E-state index contributed by atoms with van der Waals surface area (Å²) in [6.07, 6.45) is 5.33. The van der Waals surface area contributed by atoms with Gasteiger partial charge in [-0.3, -0.25) is 4.79 Å². The van der Waals surface area contributed by atoms with E-state index in [0.717, 1.165) is 25.2 Å². The van der Waals surface area contributed by atoms with Crippen molar-refractivity contribution in [1.82, 2.24) is 0 Å². The van der Waals surface area contributed by atoms with Crippen molar-refractivity contribution in [1.29, 1.82) is 0 Å². The summed E-state index contributed by atoms with van der Waals surface area (Å²) in [5.74, 6) is 2.59. The minimum absolute atomic E-state index is 0.495. The zero-order chi connectivity index (χ0) is 9.84. The first-order valence-electron chi connectivity index (χ1n) is 5.63. The number of Topliss-reactive ketones (excluding diaryl/α,β-unsaturated/α-hetero) is 1. The highest BCUT2D eigenvalue weighted by Gasteiger charge is 2.24. The number of carbonyl (C=O) groups is 1. The first-order valence-corrected chi connectivity index (χ1v) is 5.63. The van der Waals surface area contributed by atoms with Gasteiger partial charge in [-0.25, -0.2) is 0 Å². The van der Waals surface area contributed by atoms with Crippen molar-refractivity contribution in [2.24, 2.45) is 17.8 Å². The van der Waals surface area contributed by atoms with Crippen LogP contribution in [0.1, 0.15) is 52.9 Å². The maximum atomic E-state index is 11.4. The second-order valence-corrected chi connectivity index (χ2v) is 4.85. The normalized spacial score (nSPS) is 27.4. The highest BCUT2D eigenvalue weighted by molar-refractivity contribution is 5.78. The maximum Gasteiger partial charge on any atom is 0.133 e. The van der Waals surface area contributed by atoms with Crippen molar-refractivity contribution in [2.75, 3.05) is 0 Å². The fourth-order valence-electron chi connectivity index (χ4n) is 2.22. The molecule has 1 saturated carbocycles. The number of hydrogen-bond acceptors (Lipinski definition) is 1. The second-order valence-electron chi connectivity index (χ2n) is 4.85. The molecule has 0 amide bonds. The zero-order valence-corrected chi connectivity index (χ0v) is 9.18. The number of rotatable bonds is 2.